The van der Waals surface area contributed by atoms with Crippen molar-refractivity contribution in [1.82, 2.24) is 4.98 Å². The molecule has 0 unspecified atom stereocenters. The summed E-state index contributed by atoms with van der Waals surface area (Å²) in [4.78, 5) is 26.7. The minimum absolute atomic E-state index is 0.0184. The molecule has 2 rings (SSSR count). The van der Waals surface area contributed by atoms with Crippen molar-refractivity contribution in [1.29, 1.82) is 0 Å². The van der Waals surface area contributed by atoms with E-state index in [2.05, 4.69) is 10.3 Å². The molecule has 0 aliphatic rings. The predicted octanol–water partition coefficient (Wildman–Crippen LogP) is 3.01. The van der Waals surface area contributed by atoms with Crippen LogP contribution in [-0.2, 0) is 4.79 Å². The van der Waals surface area contributed by atoms with Gasteiger partial charge in [-0.3, -0.25) is 20.2 Å². The van der Waals surface area contributed by atoms with Gasteiger partial charge in [-0.1, -0.05) is 0 Å². The zero-order chi connectivity index (χ0) is 14.5. The quantitative estimate of drug-likeness (QED) is 0.532. The topological polar surface area (TPSA) is 85.1 Å². The van der Waals surface area contributed by atoms with E-state index in [0.29, 0.717) is 10.7 Å². The van der Waals surface area contributed by atoms with E-state index < -0.39 is 4.92 Å². The van der Waals surface area contributed by atoms with Crippen molar-refractivity contribution in [3.8, 4) is 0 Å². The Morgan fingerprint density at radius 2 is 2.10 bits per heavy atom. The average molecular weight is 289 g/mol. The molecule has 0 bridgehead atoms. The van der Waals surface area contributed by atoms with Gasteiger partial charge in [0.15, 0.2) is 5.13 Å². The van der Waals surface area contributed by atoms with Crippen LogP contribution in [0.5, 0.6) is 0 Å². The van der Waals surface area contributed by atoms with E-state index in [1.807, 2.05) is 6.92 Å². The highest BCUT2D eigenvalue weighted by molar-refractivity contribution is 7.15. The lowest BCUT2D eigenvalue weighted by Gasteiger charge is -1.96. The third-order valence-electron chi connectivity index (χ3n) is 2.38. The predicted molar refractivity (Wildman–Crippen MR) is 77.6 cm³/mol. The van der Waals surface area contributed by atoms with E-state index in [1.54, 1.807) is 24.4 Å². The molecule has 2 aromatic rings. The number of carbonyl (C=O) groups excluding carboxylic acids is 1. The molecule has 20 heavy (non-hydrogen) atoms. The highest BCUT2D eigenvalue weighted by Crippen LogP contribution is 2.16. The van der Waals surface area contributed by atoms with Gasteiger partial charge < -0.3 is 0 Å². The molecule has 0 aliphatic carbocycles. The molecule has 0 saturated heterocycles. The van der Waals surface area contributed by atoms with E-state index >= 15 is 0 Å². The number of hydrogen-bond donors (Lipinski definition) is 1. The number of aromatic nitrogens is 1. The van der Waals surface area contributed by atoms with Crippen molar-refractivity contribution in [2.75, 3.05) is 5.32 Å². The van der Waals surface area contributed by atoms with Gasteiger partial charge in [0.05, 0.1) is 4.92 Å². The number of benzene rings is 1. The van der Waals surface area contributed by atoms with Crippen LogP contribution in [-0.4, -0.2) is 15.8 Å². The summed E-state index contributed by atoms with van der Waals surface area (Å²) < 4.78 is 0. The van der Waals surface area contributed by atoms with Gasteiger partial charge in [0.2, 0.25) is 5.91 Å². The molecule has 1 heterocycles. The summed E-state index contributed by atoms with van der Waals surface area (Å²) in [6.45, 7) is 1.90. The van der Waals surface area contributed by atoms with Gasteiger partial charge >= 0.3 is 0 Å². The molecule has 0 saturated carbocycles. The first-order valence-electron chi connectivity index (χ1n) is 5.70. The van der Waals surface area contributed by atoms with Crippen LogP contribution in [0.1, 0.15) is 10.4 Å². The number of amides is 1. The first-order chi connectivity index (χ1) is 9.54. The van der Waals surface area contributed by atoms with Crippen LogP contribution < -0.4 is 5.32 Å². The van der Waals surface area contributed by atoms with Gasteiger partial charge in [-0.05, 0) is 30.7 Å². The number of anilines is 1. The molecule has 1 aromatic carbocycles. The van der Waals surface area contributed by atoms with Gasteiger partial charge in [-0.2, -0.15) is 0 Å². The molecule has 1 N–H and O–H groups in total. The maximum absolute atomic E-state index is 11.6. The van der Waals surface area contributed by atoms with Gasteiger partial charge in [0.25, 0.3) is 5.69 Å². The summed E-state index contributed by atoms with van der Waals surface area (Å²) in [7, 11) is 0. The van der Waals surface area contributed by atoms with Crippen LogP contribution in [0.25, 0.3) is 6.08 Å². The summed E-state index contributed by atoms with van der Waals surface area (Å²) in [6.07, 6.45) is 4.62. The fourth-order valence-electron chi connectivity index (χ4n) is 1.44. The fraction of sp³-hybridized carbons (Fsp3) is 0.0769. The summed E-state index contributed by atoms with van der Waals surface area (Å²) in [6, 6.07) is 5.94. The highest BCUT2D eigenvalue weighted by Gasteiger charge is 2.04. The summed E-state index contributed by atoms with van der Waals surface area (Å²) in [5.74, 6) is -0.294. The number of thiazole rings is 1. The molecular formula is C13H11N3O3S. The molecule has 0 spiro atoms. The molecule has 0 radical (unpaired) electrons. The fourth-order valence-corrected chi connectivity index (χ4v) is 2.11. The number of rotatable bonds is 4. The third kappa shape index (κ3) is 3.72. The Morgan fingerprint density at radius 1 is 1.40 bits per heavy atom. The summed E-state index contributed by atoms with van der Waals surface area (Å²) >= 11 is 1.39. The smallest absolute Gasteiger partial charge is 0.269 e. The number of carbonyl (C=O) groups is 1. The first kappa shape index (κ1) is 13.9. The number of nitrogens with one attached hydrogen (secondary N) is 1. The Labute approximate surface area is 118 Å². The highest BCUT2D eigenvalue weighted by atomic mass is 32.1. The number of nitro benzene ring substituents is 1. The number of nitrogens with zero attached hydrogens (tertiary/aromatic N) is 2. The van der Waals surface area contributed by atoms with Crippen molar-refractivity contribution < 1.29 is 9.72 Å². The molecule has 7 heteroatoms. The zero-order valence-corrected chi connectivity index (χ0v) is 11.4. The van der Waals surface area contributed by atoms with Gasteiger partial charge in [0.1, 0.15) is 0 Å². The zero-order valence-electron chi connectivity index (χ0n) is 10.6. The van der Waals surface area contributed by atoms with Crippen molar-refractivity contribution in [3.63, 3.8) is 0 Å². The van der Waals surface area contributed by atoms with Crippen LogP contribution in [0.15, 0.2) is 36.5 Å². The van der Waals surface area contributed by atoms with Crippen molar-refractivity contribution in [2.24, 2.45) is 0 Å². The third-order valence-corrected chi connectivity index (χ3v) is 3.21. The molecule has 0 fully saturated rings. The molecule has 0 atom stereocenters. The minimum Gasteiger partial charge on any atom is -0.298 e. The van der Waals surface area contributed by atoms with E-state index in [9.17, 15) is 14.9 Å². The van der Waals surface area contributed by atoms with Crippen molar-refractivity contribution in [2.45, 2.75) is 6.92 Å². The second-order valence-electron chi connectivity index (χ2n) is 3.95. The van der Waals surface area contributed by atoms with Crippen LogP contribution in [0, 0.1) is 17.0 Å². The standard InChI is InChI=1S/C13H11N3O3S/c1-9-8-14-13(20-9)15-12(17)7-4-10-2-5-11(6-3-10)16(18)19/h2-8H,1H3,(H,14,15,17)/b7-4+. The Balaban J connectivity index is 1.98. The van der Waals surface area contributed by atoms with Crippen LogP contribution >= 0.6 is 11.3 Å². The maximum Gasteiger partial charge on any atom is 0.269 e. The lowest BCUT2D eigenvalue weighted by molar-refractivity contribution is -0.384. The second-order valence-corrected chi connectivity index (χ2v) is 5.18. The molecular weight excluding hydrogens is 278 g/mol. The summed E-state index contributed by atoms with van der Waals surface area (Å²) in [5, 5.41) is 13.7. The van der Waals surface area contributed by atoms with Crippen LogP contribution in [0.2, 0.25) is 0 Å². The molecule has 6 nitrogen and oxygen atoms in total. The lowest BCUT2D eigenvalue weighted by Crippen LogP contribution is -2.07. The number of hydrogen-bond acceptors (Lipinski definition) is 5. The van der Waals surface area contributed by atoms with E-state index in [4.69, 9.17) is 0 Å². The van der Waals surface area contributed by atoms with E-state index in [0.717, 1.165) is 4.88 Å². The Bertz CT molecular complexity index is 662. The Hall–Kier alpha value is -2.54. The summed E-state index contributed by atoms with van der Waals surface area (Å²) in [5.41, 5.74) is 0.728. The second kappa shape index (κ2) is 6.07. The average Bonchev–Trinajstić information content (AvgIpc) is 2.82. The Morgan fingerprint density at radius 3 is 2.65 bits per heavy atom. The van der Waals surface area contributed by atoms with Crippen LogP contribution in [0.4, 0.5) is 10.8 Å². The van der Waals surface area contributed by atoms with Crippen LogP contribution in [0.3, 0.4) is 0 Å². The van der Waals surface area contributed by atoms with Crippen molar-refractivity contribution in [3.05, 3.63) is 57.1 Å². The first-order valence-corrected chi connectivity index (χ1v) is 6.52. The van der Waals surface area contributed by atoms with Gasteiger partial charge in [0, 0.05) is 29.3 Å². The minimum atomic E-state index is -0.467. The molecule has 0 aliphatic heterocycles. The van der Waals surface area contributed by atoms with Crippen molar-refractivity contribution >= 4 is 34.1 Å². The molecule has 1 amide bonds. The largest absolute Gasteiger partial charge is 0.298 e. The normalized spacial score (nSPS) is 10.7. The number of aryl methyl sites for hydroxylation is 1. The SMILES string of the molecule is Cc1cnc(NC(=O)/C=C/c2ccc([N+](=O)[O-])cc2)s1. The number of nitro groups is 1. The maximum atomic E-state index is 11.6. The van der Waals surface area contributed by atoms with E-state index in [1.165, 1.54) is 29.5 Å². The van der Waals surface area contributed by atoms with E-state index in [-0.39, 0.29) is 11.6 Å². The Kier molecular flexibility index (Phi) is 4.21. The molecule has 102 valence electrons. The monoisotopic (exact) mass is 289 g/mol. The molecule has 1 aromatic heterocycles. The van der Waals surface area contributed by atoms with Gasteiger partial charge in [-0.15, -0.1) is 11.3 Å². The number of non-ortho nitro benzene ring substituents is 1. The van der Waals surface area contributed by atoms with Gasteiger partial charge in [-0.25, -0.2) is 4.98 Å². The lowest BCUT2D eigenvalue weighted by atomic mass is 10.2.